The molecule has 5 nitrogen and oxygen atoms in total. The second kappa shape index (κ2) is 6.33. The molecule has 102 valence electrons. The number of hydrogen-bond donors (Lipinski definition) is 1. The van der Waals surface area contributed by atoms with Crippen molar-refractivity contribution in [2.45, 2.75) is 33.4 Å². The normalized spacial score (nSPS) is 12.4. The SMILES string of the molecule is CCNC(C)c1ccc(OCc2nonc2C)cc1. The van der Waals surface area contributed by atoms with Crippen molar-refractivity contribution in [1.29, 1.82) is 0 Å². The molecule has 1 heterocycles. The minimum atomic E-state index is 0.348. The van der Waals surface area contributed by atoms with Gasteiger partial charge in [-0.1, -0.05) is 29.4 Å². The molecule has 1 aromatic carbocycles. The summed E-state index contributed by atoms with van der Waals surface area (Å²) in [6.45, 7) is 7.41. The van der Waals surface area contributed by atoms with Gasteiger partial charge in [-0.2, -0.15) is 0 Å². The van der Waals surface area contributed by atoms with Gasteiger partial charge in [0.1, 0.15) is 23.7 Å². The third-order valence-corrected chi connectivity index (χ3v) is 3.01. The summed E-state index contributed by atoms with van der Waals surface area (Å²) >= 11 is 0. The largest absolute Gasteiger partial charge is 0.487 e. The Bertz CT molecular complexity index is 508. The van der Waals surface area contributed by atoms with Gasteiger partial charge in [-0.25, -0.2) is 4.63 Å². The molecule has 2 rings (SSSR count). The third-order valence-electron chi connectivity index (χ3n) is 3.01. The van der Waals surface area contributed by atoms with E-state index in [1.165, 1.54) is 5.56 Å². The first-order valence-corrected chi connectivity index (χ1v) is 6.45. The van der Waals surface area contributed by atoms with Gasteiger partial charge in [-0.15, -0.1) is 0 Å². The number of aromatic nitrogens is 2. The van der Waals surface area contributed by atoms with Gasteiger partial charge < -0.3 is 10.1 Å². The molecule has 0 spiro atoms. The Morgan fingerprint density at radius 3 is 2.58 bits per heavy atom. The number of rotatable bonds is 6. The van der Waals surface area contributed by atoms with Gasteiger partial charge in [0.25, 0.3) is 0 Å². The van der Waals surface area contributed by atoms with Crippen LogP contribution in [0, 0.1) is 6.92 Å². The molecule has 1 N–H and O–H groups in total. The summed E-state index contributed by atoms with van der Waals surface area (Å²) in [6, 6.07) is 8.41. The summed E-state index contributed by atoms with van der Waals surface area (Å²) in [5.74, 6) is 0.815. The summed E-state index contributed by atoms with van der Waals surface area (Å²) in [7, 11) is 0. The van der Waals surface area contributed by atoms with E-state index in [9.17, 15) is 0 Å². The fraction of sp³-hybridized carbons (Fsp3) is 0.429. The molecule has 0 radical (unpaired) electrons. The van der Waals surface area contributed by atoms with E-state index in [0.717, 1.165) is 23.7 Å². The molecule has 0 saturated heterocycles. The molecule has 19 heavy (non-hydrogen) atoms. The number of nitrogens with zero attached hydrogens (tertiary/aromatic N) is 2. The summed E-state index contributed by atoms with van der Waals surface area (Å²) in [6.07, 6.45) is 0. The van der Waals surface area contributed by atoms with Gasteiger partial charge in [-0.3, -0.25) is 0 Å². The zero-order valence-electron chi connectivity index (χ0n) is 11.5. The number of benzene rings is 1. The number of nitrogens with one attached hydrogen (secondary N) is 1. The molecular weight excluding hydrogens is 242 g/mol. The lowest BCUT2D eigenvalue weighted by Crippen LogP contribution is -2.17. The van der Waals surface area contributed by atoms with E-state index in [1.54, 1.807) is 0 Å². The zero-order chi connectivity index (χ0) is 13.7. The van der Waals surface area contributed by atoms with Gasteiger partial charge in [0.05, 0.1) is 0 Å². The minimum absolute atomic E-state index is 0.348. The Hall–Kier alpha value is -1.88. The Balaban J connectivity index is 1.93. The second-order valence-electron chi connectivity index (χ2n) is 4.43. The summed E-state index contributed by atoms with van der Waals surface area (Å²) in [4.78, 5) is 0. The third kappa shape index (κ3) is 3.54. The predicted octanol–water partition coefficient (Wildman–Crippen LogP) is 2.63. The molecule has 0 aliphatic heterocycles. The van der Waals surface area contributed by atoms with E-state index < -0.39 is 0 Å². The lowest BCUT2D eigenvalue weighted by Gasteiger charge is -2.13. The highest BCUT2D eigenvalue weighted by Gasteiger charge is 2.07. The molecular formula is C14H19N3O2. The fourth-order valence-electron chi connectivity index (χ4n) is 1.81. The Labute approximate surface area is 112 Å². The highest BCUT2D eigenvalue weighted by molar-refractivity contribution is 5.29. The van der Waals surface area contributed by atoms with Crippen LogP contribution in [0.3, 0.4) is 0 Å². The van der Waals surface area contributed by atoms with E-state index in [0.29, 0.717) is 12.6 Å². The van der Waals surface area contributed by atoms with Crippen molar-refractivity contribution >= 4 is 0 Å². The molecule has 0 aliphatic carbocycles. The fourth-order valence-corrected chi connectivity index (χ4v) is 1.81. The molecule has 1 atom stereocenters. The van der Waals surface area contributed by atoms with E-state index in [4.69, 9.17) is 4.74 Å². The Morgan fingerprint density at radius 2 is 2.00 bits per heavy atom. The Morgan fingerprint density at radius 1 is 1.26 bits per heavy atom. The first-order valence-electron chi connectivity index (χ1n) is 6.45. The van der Waals surface area contributed by atoms with E-state index >= 15 is 0 Å². The molecule has 2 aromatic rings. The lowest BCUT2D eigenvalue weighted by atomic mass is 10.1. The topological polar surface area (TPSA) is 60.2 Å². The van der Waals surface area contributed by atoms with Crippen LogP contribution in [-0.4, -0.2) is 16.9 Å². The van der Waals surface area contributed by atoms with Crippen molar-refractivity contribution in [1.82, 2.24) is 15.6 Å². The molecule has 0 saturated carbocycles. The van der Waals surface area contributed by atoms with Gasteiger partial charge in [0.15, 0.2) is 0 Å². The van der Waals surface area contributed by atoms with Crippen LogP contribution in [0.2, 0.25) is 0 Å². The number of hydrogen-bond acceptors (Lipinski definition) is 5. The summed E-state index contributed by atoms with van der Waals surface area (Å²) in [5.41, 5.74) is 2.73. The van der Waals surface area contributed by atoms with Crippen LogP contribution in [0.5, 0.6) is 5.75 Å². The number of ether oxygens (including phenoxy) is 1. The van der Waals surface area contributed by atoms with Gasteiger partial charge in [0, 0.05) is 6.04 Å². The van der Waals surface area contributed by atoms with Crippen LogP contribution in [0.1, 0.15) is 36.8 Å². The van der Waals surface area contributed by atoms with Crippen LogP contribution in [-0.2, 0) is 6.61 Å². The molecule has 1 unspecified atom stereocenters. The number of aryl methyl sites for hydroxylation is 1. The van der Waals surface area contributed by atoms with Crippen LogP contribution in [0.25, 0.3) is 0 Å². The monoisotopic (exact) mass is 261 g/mol. The highest BCUT2D eigenvalue weighted by atomic mass is 16.6. The first-order chi connectivity index (χ1) is 9.20. The molecule has 0 bridgehead atoms. The standard InChI is InChI=1S/C14H19N3O2/c1-4-15-10(2)12-5-7-13(8-6-12)18-9-14-11(3)16-19-17-14/h5-8,10,15H,4,9H2,1-3H3. The minimum Gasteiger partial charge on any atom is -0.487 e. The Kier molecular flexibility index (Phi) is 4.52. The predicted molar refractivity (Wildman–Crippen MR) is 71.9 cm³/mol. The van der Waals surface area contributed by atoms with Gasteiger partial charge in [-0.05, 0) is 38.1 Å². The van der Waals surface area contributed by atoms with Crippen molar-refractivity contribution in [3.05, 3.63) is 41.2 Å². The van der Waals surface area contributed by atoms with E-state index in [-0.39, 0.29) is 0 Å². The first kappa shape index (κ1) is 13.5. The molecule has 1 aromatic heterocycles. The van der Waals surface area contributed by atoms with Gasteiger partial charge >= 0.3 is 0 Å². The van der Waals surface area contributed by atoms with Crippen molar-refractivity contribution in [3.8, 4) is 5.75 Å². The highest BCUT2D eigenvalue weighted by Crippen LogP contribution is 2.18. The average molecular weight is 261 g/mol. The van der Waals surface area contributed by atoms with E-state index in [1.807, 2.05) is 19.1 Å². The van der Waals surface area contributed by atoms with E-state index in [2.05, 4.69) is 46.2 Å². The smallest absolute Gasteiger partial charge is 0.145 e. The summed E-state index contributed by atoms with van der Waals surface area (Å²) in [5, 5.41) is 10.9. The molecule has 0 aliphatic rings. The molecule has 0 fully saturated rings. The van der Waals surface area contributed by atoms with Crippen molar-refractivity contribution < 1.29 is 9.37 Å². The molecule has 0 amide bonds. The maximum absolute atomic E-state index is 5.64. The quantitative estimate of drug-likeness (QED) is 0.866. The second-order valence-corrected chi connectivity index (χ2v) is 4.43. The van der Waals surface area contributed by atoms with Crippen molar-refractivity contribution in [3.63, 3.8) is 0 Å². The zero-order valence-corrected chi connectivity index (χ0v) is 11.5. The van der Waals surface area contributed by atoms with Crippen molar-refractivity contribution in [2.24, 2.45) is 0 Å². The summed E-state index contributed by atoms with van der Waals surface area (Å²) < 4.78 is 10.3. The maximum Gasteiger partial charge on any atom is 0.145 e. The lowest BCUT2D eigenvalue weighted by molar-refractivity contribution is 0.270. The van der Waals surface area contributed by atoms with Crippen molar-refractivity contribution in [2.75, 3.05) is 6.54 Å². The van der Waals surface area contributed by atoms with Crippen LogP contribution in [0.15, 0.2) is 28.9 Å². The maximum atomic E-state index is 5.64. The average Bonchev–Trinajstić information content (AvgIpc) is 2.83. The van der Waals surface area contributed by atoms with Crippen LogP contribution < -0.4 is 10.1 Å². The van der Waals surface area contributed by atoms with Crippen LogP contribution in [0.4, 0.5) is 0 Å². The molecule has 5 heteroatoms. The van der Waals surface area contributed by atoms with Crippen LogP contribution >= 0.6 is 0 Å². The van der Waals surface area contributed by atoms with Gasteiger partial charge in [0.2, 0.25) is 0 Å².